The van der Waals surface area contributed by atoms with Gasteiger partial charge >= 0.3 is 12.3 Å². The maximum absolute atomic E-state index is 13.1. The van der Waals surface area contributed by atoms with Crippen LogP contribution in [-0.2, 0) is 23.0 Å². The molecule has 2 atom stereocenters. The number of alkyl halides is 3. The summed E-state index contributed by atoms with van der Waals surface area (Å²) >= 11 is 0. The molecule has 0 aliphatic rings. The van der Waals surface area contributed by atoms with Crippen LogP contribution in [-0.4, -0.2) is 64.2 Å². The minimum absolute atomic E-state index is 0.0995. The van der Waals surface area contributed by atoms with Crippen LogP contribution in [0.4, 0.5) is 13.2 Å². The quantitative estimate of drug-likeness (QED) is 0.122. The Bertz CT molecular complexity index is 1310. The number of halogens is 3. The van der Waals surface area contributed by atoms with Crippen molar-refractivity contribution in [2.75, 3.05) is 19.8 Å². The molecule has 41 heavy (non-hydrogen) atoms. The van der Waals surface area contributed by atoms with Gasteiger partial charge in [-0.25, -0.2) is 4.79 Å². The van der Waals surface area contributed by atoms with Gasteiger partial charge in [-0.1, -0.05) is 6.58 Å². The molecule has 3 aromatic rings. The van der Waals surface area contributed by atoms with Crippen LogP contribution in [0.5, 0.6) is 11.5 Å². The molecule has 3 N–H and O–H groups in total. The maximum atomic E-state index is 13.1. The van der Waals surface area contributed by atoms with E-state index in [4.69, 9.17) is 19.0 Å². The summed E-state index contributed by atoms with van der Waals surface area (Å²) in [6, 6.07) is 7.95. The number of esters is 1. The zero-order valence-corrected chi connectivity index (χ0v) is 23.1. The molecule has 3 rings (SSSR count). The molecule has 0 amide bonds. The Morgan fingerprint density at radius 3 is 2.39 bits per heavy atom. The Morgan fingerprint density at radius 1 is 1.07 bits per heavy atom. The van der Waals surface area contributed by atoms with E-state index in [0.717, 1.165) is 0 Å². The Balaban J connectivity index is 1.58. The molecule has 2 unspecified atom stereocenters. The average molecular weight is 584 g/mol. The highest BCUT2D eigenvalue weighted by Crippen LogP contribution is 2.39. The second-order valence-corrected chi connectivity index (χ2v) is 9.78. The standard InChI is InChI=1S/C29H36F3NO8/c1-18(2)28(37)39-14-6-9-23(36)22(35)8-5-13-38-21-11-10-19-15-25(40-24(19)17-21)27-26(41-29(30,31)32)16-20(33(27)3)7-4-12-34/h10-11,15-17,22-23,34-36H,1,4-9,12-14H2,2-3H3. The van der Waals surface area contributed by atoms with E-state index in [1.165, 1.54) is 6.07 Å². The molecule has 0 aliphatic heterocycles. The van der Waals surface area contributed by atoms with Gasteiger partial charge in [0.25, 0.3) is 0 Å². The predicted molar refractivity (Wildman–Crippen MR) is 144 cm³/mol. The number of carbonyl (C=O) groups is 1. The molecule has 12 heteroatoms. The Kier molecular flexibility index (Phi) is 11.3. The fourth-order valence-corrected chi connectivity index (χ4v) is 4.28. The lowest BCUT2D eigenvalue weighted by Gasteiger charge is -2.17. The van der Waals surface area contributed by atoms with E-state index in [0.29, 0.717) is 53.7 Å². The highest BCUT2D eigenvalue weighted by atomic mass is 19.4. The van der Waals surface area contributed by atoms with Gasteiger partial charge in [0, 0.05) is 42.4 Å². The van der Waals surface area contributed by atoms with Crippen LogP contribution in [0.1, 0.15) is 44.7 Å². The number of hydrogen-bond donors (Lipinski definition) is 3. The van der Waals surface area contributed by atoms with E-state index in [1.54, 1.807) is 42.8 Å². The molecule has 0 spiro atoms. The number of nitrogens with zero attached hydrogens (tertiary/aromatic N) is 1. The summed E-state index contributed by atoms with van der Waals surface area (Å²) in [5, 5.41) is 30.1. The smallest absolute Gasteiger partial charge is 0.493 e. The molecule has 0 aliphatic carbocycles. The van der Waals surface area contributed by atoms with E-state index < -0.39 is 30.3 Å². The number of hydrogen-bond acceptors (Lipinski definition) is 8. The van der Waals surface area contributed by atoms with Crippen molar-refractivity contribution in [3.05, 3.63) is 48.2 Å². The SMILES string of the molecule is C=C(C)C(=O)OCCCC(O)C(O)CCCOc1ccc2cc(-c3c(OC(F)(F)F)cc(CCCO)n3C)oc2c1. The van der Waals surface area contributed by atoms with E-state index in [2.05, 4.69) is 11.3 Å². The van der Waals surface area contributed by atoms with Crippen LogP contribution in [0.25, 0.3) is 22.4 Å². The van der Waals surface area contributed by atoms with Crippen molar-refractivity contribution in [3.8, 4) is 23.0 Å². The molecule has 226 valence electrons. The molecule has 2 aromatic heterocycles. The third-order valence-electron chi connectivity index (χ3n) is 6.42. The summed E-state index contributed by atoms with van der Waals surface area (Å²) in [5.74, 6) is -0.238. The van der Waals surface area contributed by atoms with E-state index >= 15 is 0 Å². The zero-order valence-electron chi connectivity index (χ0n) is 23.1. The number of furan rings is 1. The van der Waals surface area contributed by atoms with Gasteiger partial charge in [0.2, 0.25) is 0 Å². The lowest BCUT2D eigenvalue weighted by Crippen LogP contribution is -2.26. The summed E-state index contributed by atoms with van der Waals surface area (Å²) in [6.45, 7) is 5.30. The Labute approximate surface area is 235 Å². The molecule has 0 bridgehead atoms. The molecular weight excluding hydrogens is 547 g/mol. The first-order valence-corrected chi connectivity index (χ1v) is 13.3. The third-order valence-corrected chi connectivity index (χ3v) is 6.42. The minimum atomic E-state index is -4.89. The van der Waals surface area contributed by atoms with Crippen molar-refractivity contribution < 1.29 is 51.9 Å². The number of aromatic nitrogens is 1. The van der Waals surface area contributed by atoms with Crippen LogP contribution < -0.4 is 9.47 Å². The molecule has 2 heterocycles. The zero-order chi connectivity index (χ0) is 30.2. The number of rotatable bonds is 16. The minimum Gasteiger partial charge on any atom is -0.493 e. The van der Waals surface area contributed by atoms with E-state index in [1.807, 2.05) is 0 Å². The number of aryl methyl sites for hydroxylation is 1. The number of fused-ring (bicyclic) bond motifs is 1. The first-order valence-electron chi connectivity index (χ1n) is 13.3. The topological polar surface area (TPSA) is 124 Å². The van der Waals surface area contributed by atoms with Gasteiger partial charge in [-0.2, -0.15) is 0 Å². The van der Waals surface area contributed by atoms with Gasteiger partial charge in [-0.15, -0.1) is 13.2 Å². The third kappa shape index (κ3) is 9.27. The van der Waals surface area contributed by atoms with Crippen molar-refractivity contribution in [1.82, 2.24) is 4.57 Å². The van der Waals surface area contributed by atoms with Gasteiger partial charge in [-0.3, -0.25) is 0 Å². The van der Waals surface area contributed by atoms with Crippen molar-refractivity contribution in [2.45, 2.75) is 64.0 Å². The number of aliphatic hydroxyl groups is 3. The first-order chi connectivity index (χ1) is 19.4. The predicted octanol–water partition coefficient (Wildman–Crippen LogP) is 5.04. The summed E-state index contributed by atoms with van der Waals surface area (Å²) in [4.78, 5) is 11.4. The van der Waals surface area contributed by atoms with Gasteiger partial charge in [0.1, 0.15) is 17.0 Å². The van der Waals surface area contributed by atoms with Gasteiger partial charge in [0.05, 0.1) is 25.4 Å². The highest BCUT2D eigenvalue weighted by Gasteiger charge is 2.34. The molecule has 9 nitrogen and oxygen atoms in total. The fourth-order valence-electron chi connectivity index (χ4n) is 4.28. The summed E-state index contributed by atoms with van der Waals surface area (Å²) in [5.41, 5.74) is 1.37. The van der Waals surface area contributed by atoms with Crippen LogP contribution in [0.3, 0.4) is 0 Å². The first kappa shape index (κ1) is 32.0. The molecule has 0 saturated heterocycles. The Hall–Kier alpha value is -3.48. The van der Waals surface area contributed by atoms with Crippen LogP contribution in [0, 0.1) is 0 Å². The molecule has 0 saturated carbocycles. The lowest BCUT2D eigenvalue weighted by molar-refractivity contribution is -0.274. The second-order valence-electron chi connectivity index (χ2n) is 9.78. The summed E-state index contributed by atoms with van der Waals surface area (Å²) in [6.07, 6.45) is -4.69. The molecule has 0 fully saturated rings. The average Bonchev–Trinajstić information content (AvgIpc) is 3.45. The van der Waals surface area contributed by atoms with Crippen LogP contribution >= 0.6 is 0 Å². The van der Waals surface area contributed by atoms with Gasteiger partial charge in [-0.05, 0) is 63.6 Å². The number of ether oxygens (including phenoxy) is 3. The van der Waals surface area contributed by atoms with Gasteiger partial charge in [0.15, 0.2) is 11.5 Å². The molecule has 0 radical (unpaired) electrons. The number of carbonyl (C=O) groups excluding carboxylic acids is 1. The molecule has 1 aromatic carbocycles. The molecular formula is C29H36F3NO8. The normalized spacial score (nSPS) is 13.3. The van der Waals surface area contributed by atoms with Crippen LogP contribution in [0.2, 0.25) is 0 Å². The highest BCUT2D eigenvalue weighted by molar-refractivity contribution is 5.87. The second kappa shape index (κ2) is 14.4. The monoisotopic (exact) mass is 583 g/mol. The number of aliphatic hydroxyl groups excluding tert-OH is 3. The Morgan fingerprint density at radius 2 is 1.76 bits per heavy atom. The largest absolute Gasteiger partial charge is 0.573 e. The van der Waals surface area contributed by atoms with E-state index in [-0.39, 0.29) is 44.1 Å². The van der Waals surface area contributed by atoms with E-state index in [9.17, 15) is 28.2 Å². The van der Waals surface area contributed by atoms with Crippen molar-refractivity contribution >= 4 is 16.9 Å². The van der Waals surface area contributed by atoms with Crippen molar-refractivity contribution in [1.29, 1.82) is 0 Å². The summed E-state index contributed by atoms with van der Waals surface area (Å²) in [7, 11) is 1.61. The van der Waals surface area contributed by atoms with Crippen molar-refractivity contribution in [3.63, 3.8) is 0 Å². The van der Waals surface area contributed by atoms with Crippen LogP contribution in [0.15, 0.2) is 46.9 Å². The summed E-state index contributed by atoms with van der Waals surface area (Å²) < 4.78 is 61.7. The lowest BCUT2D eigenvalue weighted by atomic mass is 10.0. The van der Waals surface area contributed by atoms with Gasteiger partial charge < -0.3 is 38.5 Å². The maximum Gasteiger partial charge on any atom is 0.573 e. The number of benzene rings is 1. The fraction of sp³-hybridized carbons (Fsp3) is 0.483. The van der Waals surface area contributed by atoms with Crippen molar-refractivity contribution in [2.24, 2.45) is 7.05 Å².